The first kappa shape index (κ1) is 17.2. The molecule has 2 N–H and O–H groups in total. The Morgan fingerprint density at radius 3 is 2.56 bits per heavy atom. The molecule has 0 atom stereocenters. The van der Waals surface area contributed by atoms with Gasteiger partial charge in [0.2, 0.25) is 0 Å². The van der Waals surface area contributed by atoms with E-state index < -0.39 is 0 Å². The Labute approximate surface area is 155 Å². The van der Waals surface area contributed by atoms with Gasteiger partial charge in [-0.25, -0.2) is 9.07 Å². The normalized spacial score (nSPS) is 11.2. The number of aromatic amines is 1. The van der Waals surface area contributed by atoms with Crippen LogP contribution >= 0.6 is 0 Å². The number of benzene rings is 2. The molecular weight excluding hydrogens is 343 g/mol. The fourth-order valence-corrected chi connectivity index (χ4v) is 3.10. The molecule has 0 bridgehead atoms. The van der Waals surface area contributed by atoms with Crippen LogP contribution in [0.15, 0.2) is 65.5 Å². The predicted molar refractivity (Wildman–Crippen MR) is 103 cm³/mol. The van der Waals surface area contributed by atoms with Crippen LogP contribution in [-0.4, -0.2) is 14.8 Å². The van der Waals surface area contributed by atoms with E-state index in [9.17, 15) is 9.18 Å². The summed E-state index contributed by atoms with van der Waals surface area (Å²) in [5, 5.41) is 8.67. The van der Waals surface area contributed by atoms with Crippen LogP contribution in [0.1, 0.15) is 16.8 Å². The lowest BCUT2D eigenvalue weighted by Gasteiger charge is -2.06. The minimum absolute atomic E-state index is 0.161. The number of aryl methyl sites for hydroxylation is 1. The fourth-order valence-electron chi connectivity index (χ4n) is 3.10. The summed E-state index contributed by atoms with van der Waals surface area (Å²) in [7, 11) is 0. The van der Waals surface area contributed by atoms with Crippen molar-refractivity contribution in [2.75, 3.05) is 0 Å². The zero-order valence-corrected chi connectivity index (χ0v) is 14.9. The highest BCUT2D eigenvalue weighted by Crippen LogP contribution is 2.20. The zero-order valence-electron chi connectivity index (χ0n) is 14.9. The summed E-state index contributed by atoms with van der Waals surface area (Å²) in [6.07, 6.45) is 0. The summed E-state index contributed by atoms with van der Waals surface area (Å²) in [4.78, 5) is 15.4. The molecule has 4 rings (SSSR count). The number of hydrogen-bond acceptors (Lipinski definition) is 3. The van der Waals surface area contributed by atoms with Gasteiger partial charge in [0.05, 0.1) is 11.4 Å². The first-order valence-corrected chi connectivity index (χ1v) is 8.74. The average Bonchev–Trinajstić information content (AvgIpc) is 2.99. The van der Waals surface area contributed by atoms with Gasteiger partial charge in [0.1, 0.15) is 11.5 Å². The lowest BCUT2D eigenvalue weighted by molar-refractivity contribution is 0.627. The molecule has 0 amide bonds. The van der Waals surface area contributed by atoms with Crippen molar-refractivity contribution in [3.8, 4) is 5.69 Å². The second-order valence-electron chi connectivity index (χ2n) is 6.45. The quantitative estimate of drug-likeness (QED) is 0.572. The molecule has 0 spiro atoms. The van der Waals surface area contributed by atoms with Crippen molar-refractivity contribution in [3.63, 3.8) is 0 Å². The number of rotatable bonds is 5. The smallest absolute Gasteiger partial charge is 0.254 e. The Morgan fingerprint density at radius 1 is 1.07 bits per heavy atom. The van der Waals surface area contributed by atoms with E-state index in [0.717, 1.165) is 16.6 Å². The number of hydrogen-bond donors (Lipinski definition) is 2. The minimum atomic E-state index is -0.313. The summed E-state index contributed by atoms with van der Waals surface area (Å²) in [5.74, 6) is -0.313. The molecule has 0 fully saturated rings. The molecule has 5 nitrogen and oxygen atoms in total. The second kappa shape index (κ2) is 7.17. The Bertz CT molecular complexity index is 1130. The highest BCUT2D eigenvalue weighted by atomic mass is 19.1. The standard InChI is InChI=1S/C21H19FN4O/c1-14-19-11-16(13-23-12-15-5-3-2-4-6-15)21(27)24-20(19)26(25-14)18-9-7-17(22)8-10-18/h2-11,23H,12-13H2,1H3,(H,24,27). The zero-order chi connectivity index (χ0) is 18.8. The van der Waals surface area contributed by atoms with Crippen LogP contribution in [0.2, 0.25) is 0 Å². The average molecular weight is 362 g/mol. The van der Waals surface area contributed by atoms with Crippen molar-refractivity contribution in [2.24, 2.45) is 0 Å². The Hall–Kier alpha value is -3.25. The van der Waals surface area contributed by atoms with Gasteiger partial charge in [-0.2, -0.15) is 5.10 Å². The third-order valence-electron chi connectivity index (χ3n) is 4.51. The van der Waals surface area contributed by atoms with Gasteiger partial charge in [-0.15, -0.1) is 0 Å². The van der Waals surface area contributed by atoms with Crippen LogP contribution in [0, 0.1) is 12.7 Å². The lowest BCUT2D eigenvalue weighted by Crippen LogP contribution is -2.21. The van der Waals surface area contributed by atoms with E-state index in [-0.39, 0.29) is 11.4 Å². The first-order valence-electron chi connectivity index (χ1n) is 8.74. The van der Waals surface area contributed by atoms with Gasteiger partial charge in [0.25, 0.3) is 5.56 Å². The molecule has 6 heteroatoms. The summed E-state index contributed by atoms with van der Waals surface area (Å²) in [5.41, 5.74) is 3.76. The van der Waals surface area contributed by atoms with Crippen molar-refractivity contribution in [3.05, 3.63) is 93.7 Å². The molecule has 0 saturated carbocycles. The summed E-state index contributed by atoms with van der Waals surface area (Å²) >= 11 is 0. The van der Waals surface area contributed by atoms with Gasteiger partial charge >= 0.3 is 0 Å². The first-order chi connectivity index (χ1) is 13.1. The Morgan fingerprint density at radius 2 is 1.81 bits per heavy atom. The number of nitrogens with one attached hydrogen (secondary N) is 2. The maximum absolute atomic E-state index is 13.2. The number of fused-ring (bicyclic) bond motifs is 1. The van der Waals surface area contributed by atoms with Crippen molar-refractivity contribution in [2.45, 2.75) is 20.0 Å². The maximum Gasteiger partial charge on any atom is 0.254 e. The molecule has 0 aliphatic carbocycles. The molecule has 0 saturated heterocycles. The summed E-state index contributed by atoms with van der Waals surface area (Å²) < 4.78 is 14.8. The molecule has 0 aliphatic heterocycles. The van der Waals surface area contributed by atoms with E-state index in [0.29, 0.717) is 30.0 Å². The molecule has 2 aromatic heterocycles. The number of halogens is 1. The van der Waals surface area contributed by atoms with Crippen LogP contribution in [0.4, 0.5) is 4.39 Å². The topological polar surface area (TPSA) is 62.7 Å². The summed E-state index contributed by atoms with van der Waals surface area (Å²) in [6, 6.07) is 17.9. The lowest BCUT2D eigenvalue weighted by atomic mass is 10.2. The molecule has 136 valence electrons. The number of H-pyrrole nitrogens is 1. The molecule has 0 unspecified atom stereocenters. The third-order valence-corrected chi connectivity index (χ3v) is 4.51. The predicted octanol–water partition coefficient (Wildman–Crippen LogP) is 3.45. The minimum Gasteiger partial charge on any atom is -0.308 e. The van der Waals surface area contributed by atoms with Gasteiger partial charge in [0, 0.05) is 24.0 Å². The van der Waals surface area contributed by atoms with Crippen LogP contribution in [-0.2, 0) is 13.1 Å². The van der Waals surface area contributed by atoms with Crippen LogP contribution in [0.25, 0.3) is 16.7 Å². The highest BCUT2D eigenvalue weighted by Gasteiger charge is 2.13. The Kier molecular flexibility index (Phi) is 4.56. The van der Waals surface area contributed by atoms with Crippen LogP contribution < -0.4 is 10.9 Å². The van der Waals surface area contributed by atoms with Crippen molar-refractivity contribution < 1.29 is 4.39 Å². The SMILES string of the molecule is Cc1nn(-c2ccc(F)cc2)c2[nH]c(=O)c(CNCc3ccccc3)cc12. The van der Waals surface area contributed by atoms with Crippen LogP contribution in [0.5, 0.6) is 0 Å². The number of aromatic nitrogens is 3. The van der Waals surface area contributed by atoms with E-state index in [4.69, 9.17) is 0 Å². The molecule has 27 heavy (non-hydrogen) atoms. The van der Waals surface area contributed by atoms with Gasteiger partial charge in [-0.1, -0.05) is 30.3 Å². The van der Waals surface area contributed by atoms with E-state index in [2.05, 4.69) is 15.4 Å². The van der Waals surface area contributed by atoms with Gasteiger partial charge in [0.15, 0.2) is 0 Å². The highest BCUT2D eigenvalue weighted by molar-refractivity contribution is 5.80. The molecule has 4 aromatic rings. The van der Waals surface area contributed by atoms with E-state index in [1.165, 1.54) is 12.1 Å². The Balaban J connectivity index is 1.63. The van der Waals surface area contributed by atoms with Gasteiger partial charge in [-0.3, -0.25) is 4.79 Å². The van der Waals surface area contributed by atoms with E-state index >= 15 is 0 Å². The molecule has 2 heterocycles. The molecule has 0 radical (unpaired) electrons. The van der Waals surface area contributed by atoms with E-state index in [1.807, 2.05) is 43.3 Å². The number of pyridine rings is 1. The molecule has 0 aliphatic rings. The maximum atomic E-state index is 13.2. The van der Waals surface area contributed by atoms with Crippen molar-refractivity contribution in [1.29, 1.82) is 0 Å². The van der Waals surface area contributed by atoms with Gasteiger partial charge in [-0.05, 0) is 42.8 Å². The second-order valence-corrected chi connectivity index (χ2v) is 6.45. The van der Waals surface area contributed by atoms with Crippen LogP contribution in [0.3, 0.4) is 0 Å². The molecular formula is C21H19FN4O. The van der Waals surface area contributed by atoms with Crippen molar-refractivity contribution >= 4 is 11.0 Å². The van der Waals surface area contributed by atoms with Crippen molar-refractivity contribution in [1.82, 2.24) is 20.1 Å². The molecule has 2 aromatic carbocycles. The third kappa shape index (κ3) is 3.52. The van der Waals surface area contributed by atoms with Gasteiger partial charge < -0.3 is 10.3 Å². The van der Waals surface area contributed by atoms with E-state index in [1.54, 1.807) is 16.8 Å². The largest absolute Gasteiger partial charge is 0.308 e. The number of nitrogens with zero attached hydrogens (tertiary/aromatic N) is 2. The summed E-state index contributed by atoms with van der Waals surface area (Å²) in [6.45, 7) is 3.04. The fraction of sp³-hybridized carbons (Fsp3) is 0.143. The monoisotopic (exact) mass is 362 g/mol.